The molecule has 1 aromatic heterocycles. The van der Waals surface area contributed by atoms with Gasteiger partial charge in [-0.1, -0.05) is 65.9 Å². The van der Waals surface area contributed by atoms with Crippen LogP contribution >= 0.6 is 11.8 Å². The van der Waals surface area contributed by atoms with Gasteiger partial charge in [-0.25, -0.2) is 0 Å². The number of Topliss-reactive ketones (excluding diaryl/α,β-unsaturated/α-hetero) is 1. The molecule has 3 aromatic carbocycles. The summed E-state index contributed by atoms with van der Waals surface area (Å²) in [4.78, 5) is 12.7. The second-order valence-electron chi connectivity index (χ2n) is 7.16. The maximum absolute atomic E-state index is 12.7. The van der Waals surface area contributed by atoms with Crippen LogP contribution in [-0.2, 0) is 6.42 Å². The van der Waals surface area contributed by atoms with Crippen LogP contribution in [0.15, 0.2) is 76.4 Å². The van der Waals surface area contributed by atoms with Gasteiger partial charge in [0.25, 0.3) is 5.22 Å². The number of fused-ring (bicyclic) bond motifs is 3. The molecule has 4 aromatic rings. The highest BCUT2D eigenvalue weighted by Crippen LogP contribution is 2.37. The number of thioether (sulfide) groups is 1. The van der Waals surface area contributed by atoms with Crippen molar-refractivity contribution in [3.63, 3.8) is 0 Å². The van der Waals surface area contributed by atoms with Crippen LogP contribution < -0.4 is 0 Å². The third-order valence-corrected chi connectivity index (χ3v) is 5.94. The van der Waals surface area contributed by atoms with Gasteiger partial charge >= 0.3 is 0 Å². The van der Waals surface area contributed by atoms with Crippen LogP contribution in [0, 0.1) is 6.92 Å². The highest BCUT2D eigenvalue weighted by atomic mass is 32.2. The zero-order valence-corrected chi connectivity index (χ0v) is 16.7. The van der Waals surface area contributed by atoms with Gasteiger partial charge < -0.3 is 4.42 Å². The summed E-state index contributed by atoms with van der Waals surface area (Å²) < 4.78 is 5.72. The predicted molar refractivity (Wildman–Crippen MR) is 114 cm³/mol. The van der Waals surface area contributed by atoms with E-state index in [1.54, 1.807) is 0 Å². The highest BCUT2D eigenvalue weighted by Gasteiger charge is 2.20. The molecule has 1 aliphatic rings. The first-order valence-corrected chi connectivity index (χ1v) is 10.4. The lowest BCUT2D eigenvalue weighted by atomic mass is 10.0. The van der Waals surface area contributed by atoms with Crippen LogP contribution in [0.4, 0.5) is 0 Å². The normalized spacial score (nSPS) is 11.9. The molecule has 29 heavy (non-hydrogen) atoms. The quantitative estimate of drug-likeness (QED) is 0.285. The molecule has 4 nitrogen and oxygen atoms in total. The van der Waals surface area contributed by atoms with Crippen molar-refractivity contribution in [2.75, 3.05) is 5.75 Å². The van der Waals surface area contributed by atoms with Crippen molar-refractivity contribution >= 4 is 17.5 Å². The Hall–Kier alpha value is -3.18. The number of nitrogens with zero attached hydrogens (tertiary/aromatic N) is 2. The SMILES string of the molecule is Cc1cccc(-c2nnc(SCC(=O)c3ccc4c(c3)-c3ccccc3C4)o2)c1. The monoisotopic (exact) mass is 398 g/mol. The summed E-state index contributed by atoms with van der Waals surface area (Å²) in [6.45, 7) is 2.02. The molecule has 0 aliphatic heterocycles. The number of hydrogen-bond acceptors (Lipinski definition) is 5. The zero-order valence-electron chi connectivity index (χ0n) is 15.9. The van der Waals surface area contributed by atoms with Crippen molar-refractivity contribution in [2.45, 2.75) is 18.6 Å². The van der Waals surface area contributed by atoms with Gasteiger partial charge in [-0.05, 0) is 53.8 Å². The first kappa shape index (κ1) is 17.9. The molecule has 1 heterocycles. The molecule has 0 spiro atoms. The number of carbonyl (C=O) groups excluding carboxylic acids is 1. The average Bonchev–Trinajstić information content (AvgIpc) is 3.36. The first-order chi connectivity index (χ1) is 14.2. The van der Waals surface area contributed by atoms with Gasteiger partial charge in [-0.15, -0.1) is 10.2 Å². The van der Waals surface area contributed by atoms with Crippen molar-refractivity contribution < 1.29 is 9.21 Å². The number of carbonyl (C=O) groups is 1. The Morgan fingerprint density at radius 1 is 0.966 bits per heavy atom. The third kappa shape index (κ3) is 3.49. The Morgan fingerprint density at radius 2 is 1.83 bits per heavy atom. The largest absolute Gasteiger partial charge is 0.411 e. The molecular formula is C24H18N2O2S. The molecule has 0 saturated carbocycles. The van der Waals surface area contributed by atoms with E-state index >= 15 is 0 Å². The lowest BCUT2D eigenvalue weighted by Gasteiger charge is -2.04. The molecule has 142 valence electrons. The molecule has 0 radical (unpaired) electrons. The second kappa shape index (κ2) is 7.33. The van der Waals surface area contributed by atoms with E-state index in [9.17, 15) is 4.79 Å². The summed E-state index contributed by atoms with van der Waals surface area (Å²) >= 11 is 1.27. The Kier molecular flexibility index (Phi) is 4.52. The zero-order chi connectivity index (χ0) is 19.8. The molecule has 1 aliphatic carbocycles. The van der Waals surface area contributed by atoms with E-state index in [-0.39, 0.29) is 11.5 Å². The van der Waals surface area contributed by atoms with Crippen LogP contribution in [-0.4, -0.2) is 21.7 Å². The van der Waals surface area contributed by atoms with Crippen molar-refractivity contribution in [2.24, 2.45) is 0 Å². The van der Waals surface area contributed by atoms with Crippen LogP contribution in [0.1, 0.15) is 27.0 Å². The van der Waals surface area contributed by atoms with Gasteiger partial charge in [0.05, 0.1) is 5.75 Å². The molecule has 5 heteroatoms. The van der Waals surface area contributed by atoms with Gasteiger partial charge in [-0.2, -0.15) is 0 Å². The van der Waals surface area contributed by atoms with Crippen molar-refractivity contribution in [3.8, 4) is 22.6 Å². The summed E-state index contributed by atoms with van der Waals surface area (Å²) in [6.07, 6.45) is 0.929. The fourth-order valence-corrected chi connectivity index (χ4v) is 4.33. The Labute approximate surface area is 173 Å². The van der Waals surface area contributed by atoms with Gasteiger partial charge in [0, 0.05) is 11.1 Å². The van der Waals surface area contributed by atoms with Gasteiger partial charge in [-0.3, -0.25) is 4.79 Å². The standard InChI is InChI=1S/C24H18N2O2S/c1-15-5-4-7-19(11-15)23-25-26-24(28-23)29-14-22(27)18-10-9-17-12-16-6-2-3-8-20(16)21(17)13-18/h2-11,13H,12,14H2,1H3. The van der Waals surface area contributed by atoms with Crippen molar-refractivity contribution in [3.05, 3.63) is 89.0 Å². The molecule has 0 amide bonds. The van der Waals surface area contributed by atoms with E-state index in [4.69, 9.17) is 4.42 Å². The summed E-state index contributed by atoms with van der Waals surface area (Å²) in [6, 6.07) is 22.3. The first-order valence-electron chi connectivity index (χ1n) is 9.45. The predicted octanol–water partition coefficient (Wildman–Crippen LogP) is 5.59. The maximum atomic E-state index is 12.7. The molecule has 0 unspecified atom stereocenters. The average molecular weight is 398 g/mol. The van der Waals surface area contributed by atoms with Crippen LogP contribution in [0.3, 0.4) is 0 Å². The van der Waals surface area contributed by atoms with Gasteiger partial charge in [0.2, 0.25) is 5.89 Å². The van der Waals surface area contributed by atoms with E-state index in [1.165, 1.54) is 28.5 Å². The molecule has 0 bridgehead atoms. The van der Waals surface area contributed by atoms with E-state index in [1.807, 2.05) is 49.4 Å². The molecule has 0 N–H and O–H groups in total. The van der Waals surface area contributed by atoms with Crippen LogP contribution in [0.25, 0.3) is 22.6 Å². The number of hydrogen-bond donors (Lipinski definition) is 0. The van der Waals surface area contributed by atoms with E-state index in [0.29, 0.717) is 16.7 Å². The maximum Gasteiger partial charge on any atom is 0.277 e. The summed E-state index contributed by atoms with van der Waals surface area (Å²) in [5.74, 6) is 0.783. The van der Waals surface area contributed by atoms with Crippen molar-refractivity contribution in [1.29, 1.82) is 0 Å². The van der Waals surface area contributed by atoms with E-state index in [2.05, 4.69) is 34.5 Å². The third-order valence-electron chi connectivity index (χ3n) is 5.12. The number of aromatic nitrogens is 2. The Morgan fingerprint density at radius 3 is 2.72 bits per heavy atom. The molecule has 5 rings (SSSR count). The highest BCUT2D eigenvalue weighted by molar-refractivity contribution is 7.99. The number of aryl methyl sites for hydroxylation is 1. The van der Waals surface area contributed by atoms with Gasteiger partial charge in [0.15, 0.2) is 5.78 Å². The molecular weight excluding hydrogens is 380 g/mol. The van der Waals surface area contributed by atoms with Crippen molar-refractivity contribution in [1.82, 2.24) is 10.2 Å². The minimum absolute atomic E-state index is 0.0532. The number of rotatable bonds is 5. The fraction of sp³-hybridized carbons (Fsp3) is 0.125. The summed E-state index contributed by atoms with van der Waals surface area (Å²) in [5, 5.41) is 8.58. The summed E-state index contributed by atoms with van der Waals surface area (Å²) in [7, 11) is 0. The summed E-state index contributed by atoms with van der Waals surface area (Å²) in [5.41, 5.74) is 7.70. The minimum atomic E-state index is 0.0532. The Bertz CT molecular complexity index is 1230. The lowest BCUT2D eigenvalue weighted by Crippen LogP contribution is -2.02. The smallest absolute Gasteiger partial charge is 0.277 e. The van der Waals surface area contributed by atoms with Crippen LogP contribution in [0.5, 0.6) is 0 Å². The minimum Gasteiger partial charge on any atom is -0.411 e. The molecule has 0 atom stereocenters. The topological polar surface area (TPSA) is 56.0 Å². The van der Waals surface area contributed by atoms with Gasteiger partial charge in [0.1, 0.15) is 0 Å². The van der Waals surface area contributed by atoms with Crippen LogP contribution in [0.2, 0.25) is 0 Å². The number of ketones is 1. The fourth-order valence-electron chi connectivity index (χ4n) is 3.67. The van der Waals surface area contributed by atoms with E-state index < -0.39 is 0 Å². The number of benzene rings is 3. The Balaban J connectivity index is 1.30. The molecule has 0 fully saturated rings. The lowest BCUT2D eigenvalue weighted by molar-refractivity contribution is 0.102. The molecule has 0 saturated heterocycles. The van der Waals surface area contributed by atoms with E-state index in [0.717, 1.165) is 23.1 Å². The second-order valence-corrected chi connectivity index (χ2v) is 8.09.